The van der Waals surface area contributed by atoms with Gasteiger partial charge in [-0.05, 0) is 178 Å². The van der Waals surface area contributed by atoms with Gasteiger partial charge in [0.05, 0.1) is 10.8 Å². The van der Waals surface area contributed by atoms with Gasteiger partial charge in [-0.15, -0.1) is 0 Å². The zero-order valence-corrected chi connectivity index (χ0v) is 47.4. The Bertz CT molecular complexity index is 4540. The molecule has 424 valence electrons. The summed E-state index contributed by atoms with van der Waals surface area (Å²) >= 11 is 0. The van der Waals surface area contributed by atoms with E-state index in [9.17, 15) is 0 Å². The molecule has 10 aromatic carbocycles. The number of fused-ring (bicyclic) bond motifs is 5. The van der Waals surface area contributed by atoms with Crippen LogP contribution in [-0.2, 0) is 10.8 Å². The lowest BCUT2D eigenvalue weighted by molar-refractivity contribution is 0.436. The van der Waals surface area contributed by atoms with Crippen LogP contribution in [0, 0.1) is 74.2 Å². The van der Waals surface area contributed by atoms with Crippen LogP contribution in [-0.4, -0.2) is 0 Å². The molecule has 0 heterocycles. The maximum Gasteiger partial charge on any atom is 0.196 e. The van der Waals surface area contributed by atoms with Gasteiger partial charge in [-0.3, -0.25) is 0 Å². The fourth-order valence-electron chi connectivity index (χ4n) is 13.7. The van der Waals surface area contributed by atoms with Crippen molar-refractivity contribution in [1.82, 2.24) is 0 Å². The summed E-state index contributed by atoms with van der Waals surface area (Å²) in [7, 11) is 0. The van der Waals surface area contributed by atoms with Crippen LogP contribution in [0.4, 0.5) is 69.2 Å². The van der Waals surface area contributed by atoms with Gasteiger partial charge in [0.2, 0.25) is 0 Å². The minimum Gasteiger partial charge on any atom is -0.305 e. The van der Waals surface area contributed by atoms with E-state index in [0.29, 0.717) is 12.0 Å². The van der Waals surface area contributed by atoms with Gasteiger partial charge in [-0.1, -0.05) is 170 Å². The molecule has 13 rings (SSSR count). The highest BCUT2D eigenvalue weighted by Gasteiger charge is 2.50. The standard InChI is InChI=1S/C76H54F8N2/c1-7-47-21-25-49(26-22-47)75(61-37-43(3)17-19-45(61)5)59-15-11-9-13-55(59)57-35-33-53(39-63(57)75)85(73-67(79)41-65(77)69(81)71(73)83)51-29-31-52(32-30-51)86(74-68(80)42-66(78)70(82)72(74)84)54-34-36-58-56-14-10-12-16-60(56)76(64(58)40-54,50-27-23-48(8-2)24-28-50)62-38-44(4)18-20-46(62)6/h7-11,13-15,17-42H,1-2,12,16H2,3-6H3. The van der Waals surface area contributed by atoms with Crippen molar-refractivity contribution >= 4 is 51.8 Å². The number of nitrogens with zero attached hydrogens (tertiary/aromatic N) is 2. The molecule has 2 unspecified atom stereocenters. The lowest BCUT2D eigenvalue weighted by atomic mass is 9.64. The molecule has 0 aromatic heterocycles. The molecule has 0 bridgehead atoms. The zero-order valence-electron chi connectivity index (χ0n) is 47.4. The van der Waals surface area contributed by atoms with E-state index in [-0.39, 0.29) is 34.9 Å². The maximum absolute atomic E-state index is 16.8. The second-order valence-electron chi connectivity index (χ2n) is 22.4. The lowest BCUT2D eigenvalue weighted by Gasteiger charge is -2.38. The van der Waals surface area contributed by atoms with Gasteiger partial charge >= 0.3 is 0 Å². The lowest BCUT2D eigenvalue weighted by Crippen LogP contribution is -2.31. The van der Waals surface area contributed by atoms with Crippen LogP contribution in [0.2, 0.25) is 0 Å². The summed E-state index contributed by atoms with van der Waals surface area (Å²) in [6.45, 7) is 16.0. The molecule has 0 radical (unpaired) electrons. The first-order chi connectivity index (χ1) is 41.5. The molecule has 2 atom stereocenters. The Labute approximate surface area is 494 Å². The molecule has 0 fully saturated rings. The third-order valence-corrected chi connectivity index (χ3v) is 17.6. The van der Waals surface area contributed by atoms with Crippen molar-refractivity contribution in [3.05, 3.63) is 337 Å². The molecular weight excluding hydrogens is 1090 g/mol. The number of benzene rings is 10. The summed E-state index contributed by atoms with van der Waals surface area (Å²) in [5, 5.41) is 0. The topological polar surface area (TPSA) is 6.48 Å². The molecule has 0 amide bonds. The van der Waals surface area contributed by atoms with Crippen LogP contribution in [0.3, 0.4) is 0 Å². The number of rotatable bonds is 12. The Morgan fingerprint density at radius 2 is 0.837 bits per heavy atom. The molecule has 0 aliphatic heterocycles. The predicted molar refractivity (Wildman–Crippen MR) is 330 cm³/mol. The minimum absolute atomic E-state index is 0.00129. The number of allylic oxidation sites excluding steroid dienone is 4. The molecule has 0 spiro atoms. The molecule has 0 saturated heterocycles. The normalized spacial score (nSPS) is 16.4. The van der Waals surface area contributed by atoms with E-state index >= 15 is 35.1 Å². The number of halogens is 8. The Balaban J connectivity index is 1.04. The van der Waals surface area contributed by atoms with E-state index in [1.165, 1.54) is 24.3 Å². The molecule has 10 heteroatoms. The first kappa shape index (κ1) is 55.4. The Hall–Kier alpha value is -9.80. The summed E-state index contributed by atoms with van der Waals surface area (Å²) in [5.74, 6) is -13.8. The molecular formula is C76H54F8N2. The van der Waals surface area contributed by atoms with Gasteiger partial charge in [0, 0.05) is 34.9 Å². The first-order valence-electron chi connectivity index (χ1n) is 28.3. The third kappa shape index (κ3) is 8.35. The highest BCUT2D eigenvalue weighted by molar-refractivity contribution is 5.94. The van der Waals surface area contributed by atoms with Crippen molar-refractivity contribution in [2.75, 3.05) is 9.80 Å². The van der Waals surface area contributed by atoms with Crippen LogP contribution in [0.1, 0.15) is 90.7 Å². The second-order valence-corrected chi connectivity index (χ2v) is 22.4. The van der Waals surface area contributed by atoms with Crippen molar-refractivity contribution in [3.8, 4) is 11.1 Å². The average molecular weight is 1150 g/mol. The summed E-state index contributed by atoms with van der Waals surface area (Å²) in [5.41, 5.74) is 12.8. The minimum atomic E-state index is -1.92. The average Bonchev–Trinajstić information content (AvgIpc) is 1.57. The fourth-order valence-corrected chi connectivity index (χ4v) is 13.7. The van der Waals surface area contributed by atoms with Gasteiger partial charge in [0.1, 0.15) is 11.4 Å². The largest absolute Gasteiger partial charge is 0.305 e. The van der Waals surface area contributed by atoms with Crippen molar-refractivity contribution in [2.24, 2.45) is 0 Å². The third-order valence-electron chi connectivity index (χ3n) is 17.6. The van der Waals surface area contributed by atoms with E-state index in [1.807, 2.05) is 119 Å². The van der Waals surface area contributed by atoms with Crippen LogP contribution < -0.4 is 9.80 Å². The summed E-state index contributed by atoms with van der Waals surface area (Å²) in [4.78, 5) is 2.28. The number of hydrogen-bond acceptors (Lipinski definition) is 2. The Kier molecular flexibility index (Phi) is 13.6. The van der Waals surface area contributed by atoms with Gasteiger partial charge in [-0.25, -0.2) is 35.1 Å². The Morgan fingerprint density at radius 3 is 1.35 bits per heavy atom. The fraction of sp³-hybridized carbons (Fsp3) is 0.105. The molecule has 0 saturated carbocycles. The highest BCUT2D eigenvalue weighted by atomic mass is 19.2. The van der Waals surface area contributed by atoms with Crippen LogP contribution in [0.25, 0.3) is 28.9 Å². The number of hydrogen-bond donors (Lipinski definition) is 0. The van der Waals surface area contributed by atoms with E-state index in [4.69, 9.17) is 0 Å². The van der Waals surface area contributed by atoms with E-state index < -0.39 is 68.7 Å². The van der Waals surface area contributed by atoms with Crippen molar-refractivity contribution in [3.63, 3.8) is 0 Å². The smallest absolute Gasteiger partial charge is 0.196 e. The van der Waals surface area contributed by atoms with E-state index in [1.54, 1.807) is 30.4 Å². The summed E-state index contributed by atoms with van der Waals surface area (Å²) in [6.07, 6.45) is 9.13. The summed E-state index contributed by atoms with van der Waals surface area (Å²) in [6, 6.07) is 53.3. The van der Waals surface area contributed by atoms with Gasteiger partial charge in [0.25, 0.3) is 0 Å². The SMILES string of the molecule is C=Cc1ccc(C2(c3cc(C)ccc3C)C3=C(C=CCC3)c3ccc(N(c4ccc(N(c5ccc6c(c5)C(c5ccc(C=C)cc5)(c5cc(C)ccc5C)c5ccccc5-6)c5c(F)cc(F)c(F)c5F)cc4)c4c(F)cc(F)c(F)c4F)cc32)cc1. The molecule has 86 heavy (non-hydrogen) atoms. The second kappa shape index (κ2) is 21.1. The van der Waals surface area contributed by atoms with Gasteiger partial charge in [0.15, 0.2) is 46.5 Å². The zero-order chi connectivity index (χ0) is 60.1. The van der Waals surface area contributed by atoms with E-state index in [0.717, 1.165) is 111 Å². The maximum atomic E-state index is 16.8. The van der Waals surface area contributed by atoms with Crippen molar-refractivity contribution < 1.29 is 35.1 Å². The van der Waals surface area contributed by atoms with E-state index in [2.05, 4.69) is 61.7 Å². The van der Waals surface area contributed by atoms with Gasteiger partial charge in [-0.2, -0.15) is 0 Å². The molecule has 2 nitrogen and oxygen atoms in total. The number of aryl methyl sites for hydroxylation is 4. The van der Waals surface area contributed by atoms with Crippen LogP contribution in [0.5, 0.6) is 0 Å². The first-order valence-corrected chi connectivity index (χ1v) is 28.3. The van der Waals surface area contributed by atoms with Gasteiger partial charge < -0.3 is 9.80 Å². The molecule has 3 aliphatic carbocycles. The number of anilines is 6. The Morgan fingerprint density at radius 1 is 0.395 bits per heavy atom. The highest BCUT2D eigenvalue weighted by Crippen LogP contribution is 2.61. The predicted octanol–water partition coefficient (Wildman–Crippen LogP) is 21.1. The molecule has 0 N–H and O–H groups in total. The van der Waals surface area contributed by atoms with Crippen LogP contribution >= 0.6 is 0 Å². The van der Waals surface area contributed by atoms with Crippen molar-refractivity contribution in [2.45, 2.75) is 51.4 Å². The molecule has 3 aliphatic rings. The quantitative estimate of drug-likeness (QED) is 0.0683. The van der Waals surface area contributed by atoms with Crippen LogP contribution in [0.15, 0.2) is 213 Å². The molecule has 10 aromatic rings. The summed E-state index contributed by atoms with van der Waals surface area (Å²) < 4.78 is 129. The van der Waals surface area contributed by atoms with Crippen molar-refractivity contribution in [1.29, 1.82) is 0 Å². The monoisotopic (exact) mass is 1150 g/mol.